The van der Waals surface area contributed by atoms with Crippen LogP contribution in [-0.4, -0.2) is 17.9 Å². The van der Waals surface area contributed by atoms with E-state index in [1.165, 1.54) is 31.2 Å². The number of carbonyl (C=O) groups excluding carboxylic acids is 3. The molecule has 0 spiro atoms. The van der Waals surface area contributed by atoms with Gasteiger partial charge in [0.15, 0.2) is 0 Å². The van der Waals surface area contributed by atoms with E-state index in [4.69, 9.17) is 24.7 Å². The minimum absolute atomic E-state index is 0.106. The van der Waals surface area contributed by atoms with Gasteiger partial charge in [0.2, 0.25) is 0 Å². The van der Waals surface area contributed by atoms with E-state index < -0.39 is 63.9 Å². The molecular formula is C51H36F6N2O6. The summed E-state index contributed by atoms with van der Waals surface area (Å²) in [6.45, 7) is 10.4. The molecule has 0 fully saturated rings. The fourth-order valence-corrected chi connectivity index (χ4v) is 5.36. The van der Waals surface area contributed by atoms with Crippen molar-refractivity contribution in [1.82, 2.24) is 0 Å². The van der Waals surface area contributed by atoms with E-state index in [1.54, 1.807) is 72.8 Å². The molecule has 328 valence electrons. The molecule has 0 aromatic heterocycles. The Morgan fingerprint density at radius 3 is 1.22 bits per heavy atom. The molecule has 0 heterocycles. The topological polar surface area (TPSA) is 126 Å². The van der Waals surface area contributed by atoms with E-state index in [0.29, 0.717) is 5.56 Å². The summed E-state index contributed by atoms with van der Waals surface area (Å²) < 4.78 is 95.3. The highest BCUT2D eigenvalue weighted by Crippen LogP contribution is 2.24. The van der Waals surface area contributed by atoms with Crippen LogP contribution in [-0.2, 0) is 6.42 Å². The second-order valence-electron chi connectivity index (χ2n) is 13.4. The van der Waals surface area contributed by atoms with Crippen LogP contribution in [0, 0.1) is 64.5 Å². The van der Waals surface area contributed by atoms with Crippen molar-refractivity contribution >= 4 is 30.1 Å². The molecule has 8 nitrogen and oxygen atoms in total. The van der Waals surface area contributed by atoms with Crippen LogP contribution >= 0.6 is 0 Å². The van der Waals surface area contributed by atoms with Gasteiger partial charge in [-0.25, -0.2) is 40.7 Å². The van der Waals surface area contributed by atoms with E-state index in [1.807, 2.05) is 19.1 Å². The summed E-state index contributed by atoms with van der Waals surface area (Å²) in [4.78, 5) is 35.7. The molecule has 65 heavy (non-hydrogen) atoms. The number of ether oxygens (including phenoxy) is 3. The van der Waals surface area contributed by atoms with Gasteiger partial charge in [-0.05, 0) is 79.8 Å². The van der Waals surface area contributed by atoms with Crippen molar-refractivity contribution in [1.29, 1.82) is 10.5 Å². The SMILES string of the molecule is C/C=C/c1ccc(C(=O)Oc2cc(F)c(C)c(F)c2)cc1.C=CCCc1ccc(C(=O)Oc2cc(F)c(C#N)c(F)c2)cc1.C=Cc1ccc(C(=O)Oc2cc(F)c(C#N)c(F)c2)cc1. The van der Waals surface area contributed by atoms with Crippen LogP contribution in [0.5, 0.6) is 17.2 Å². The summed E-state index contributed by atoms with van der Waals surface area (Å²) in [5.41, 5.74) is 2.07. The Labute approximate surface area is 370 Å². The minimum atomic E-state index is -1.08. The van der Waals surface area contributed by atoms with Gasteiger partial charge in [0, 0.05) is 42.0 Å². The zero-order valence-corrected chi connectivity index (χ0v) is 34.6. The van der Waals surface area contributed by atoms with Gasteiger partial charge in [0.05, 0.1) is 16.7 Å². The van der Waals surface area contributed by atoms with Gasteiger partial charge in [-0.2, -0.15) is 10.5 Å². The Balaban J connectivity index is 0.000000214. The molecule has 0 aliphatic heterocycles. The van der Waals surface area contributed by atoms with Crippen molar-refractivity contribution in [2.45, 2.75) is 26.7 Å². The van der Waals surface area contributed by atoms with E-state index in [2.05, 4.69) is 13.2 Å². The van der Waals surface area contributed by atoms with Crippen LogP contribution in [0.3, 0.4) is 0 Å². The van der Waals surface area contributed by atoms with Crippen LogP contribution in [0.25, 0.3) is 12.2 Å². The number of aryl methyl sites for hydroxylation is 1. The van der Waals surface area contributed by atoms with E-state index >= 15 is 0 Å². The second-order valence-corrected chi connectivity index (χ2v) is 13.4. The van der Waals surface area contributed by atoms with Gasteiger partial charge in [-0.3, -0.25) is 0 Å². The Morgan fingerprint density at radius 1 is 0.554 bits per heavy atom. The van der Waals surface area contributed by atoms with Crippen molar-refractivity contribution in [3.8, 4) is 29.4 Å². The molecule has 6 rings (SSSR count). The zero-order valence-electron chi connectivity index (χ0n) is 34.6. The summed E-state index contributed by atoms with van der Waals surface area (Å²) in [6.07, 6.45) is 8.82. The number of hydrogen-bond donors (Lipinski definition) is 0. The predicted molar refractivity (Wildman–Crippen MR) is 231 cm³/mol. The molecule has 0 unspecified atom stereocenters. The van der Waals surface area contributed by atoms with Gasteiger partial charge < -0.3 is 14.2 Å². The fraction of sp³-hybridized carbons (Fsp3) is 0.0784. The monoisotopic (exact) mass is 886 g/mol. The lowest BCUT2D eigenvalue weighted by atomic mass is 10.1. The average Bonchev–Trinajstić information content (AvgIpc) is 3.28. The zero-order chi connectivity index (χ0) is 47.6. The number of hydrogen-bond acceptors (Lipinski definition) is 8. The first-order valence-electron chi connectivity index (χ1n) is 19.2. The van der Waals surface area contributed by atoms with Crippen LogP contribution in [0.1, 0.15) is 77.8 Å². The van der Waals surface area contributed by atoms with Gasteiger partial charge in [0.25, 0.3) is 0 Å². The highest BCUT2D eigenvalue weighted by atomic mass is 19.2. The maximum atomic E-state index is 13.5. The van der Waals surface area contributed by atoms with E-state index in [9.17, 15) is 40.7 Å². The number of rotatable bonds is 11. The first-order valence-corrected chi connectivity index (χ1v) is 19.2. The first kappa shape index (κ1) is 49.2. The maximum absolute atomic E-state index is 13.5. The Bertz CT molecular complexity index is 2760. The number of nitrogens with zero attached hydrogens (tertiary/aromatic N) is 2. The molecule has 0 saturated carbocycles. The summed E-state index contributed by atoms with van der Waals surface area (Å²) in [7, 11) is 0. The van der Waals surface area contributed by atoms with Crippen LogP contribution in [0.2, 0.25) is 0 Å². The Morgan fingerprint density at radius 2 is 0.892 bits per heavy atom. The lowest BCUT2D eigenvalue weighted by molar-refractivity contribution is 0.0724. The minimum Gasteiger partial charge on any atom is -0.423 e. The second kappa shape index (κ2) is 23.7. The number of nitriles is 2. The summed E-state index contributed by atoms with van der Waals surface area (Å²) in [5.74, 6) is -8.71. The molecule has 0 atom stereocenters. The third-order valence-electron chi connectivity index (χ3n) is 8.86. The van der Waals surface area contributed by atoms with Crippen LogP contribution < -0.4 is 14.2 Å². The molecule has 0 N–H and O–H groups in total. The fourth-order valence-electron chi connectivity index (χ4n) is 5.36. The number of carbonyl (C=O) groups is 3. The smallest absolute Gasteiger partial charge is 0.343 e. The molecule has 14 heteroatoms. The number of allylic oxidation sites excluding steroid dienone is 2. The van der Waals surface area contributed by atoms with Crippen molar-refractivity contribution in [3.05, 3.63) is 219 Å². The third kappa shape index (κ3) is 14.0. The lowest BCUT2D eigenvalue weighted by Gasteiger charge is -2.06. The van der Waals surface area contributed by atoms with Gasteiger partial charge in [0.1, 0.15) is 75.4 Å². The number of esters is 3. The van der Waals surface area contributed by atoms with Gasteiger partial charge >= 0.3 is 17.9 Å². The Kier molecular flexibility index (Phi) is 17.9. The maximum Gasteiger partial charge on any atom is 0.343 e. The standard InChI is InChI=1S/C18H13F2NO2.C17H14F2O2.C16H9F2NO2/c1-2-3-4-12-5-7-13(8-6-12)18(22)23-14-9-16(19)15(11-21)17(20)10-14;1-3-4-12-5-7-13(8-6-12)17(20)21-14-9-15(18)11(2)16(19)10-14;1-2-10-3-5-11(6-4-10)16(20)21-12-7-14(17)13(9-19)15(18)8-12/h2,5-10H,1,3-4H2;3-10H,1-2H3;2-8H,1H2/b;4-3+;. The molecule has 0 aliphatic carbocycles. The molecule has 0 bridgehead atoms. The summed E-state index contributed by atoms with van der Waals surface area (Å²) >= 11 is 0. The molecule has 0 radical (unpaired) electrons. The van der Waals surface area contributed by atoms with Crippen molar-refractivity contribution in [2.24, 2.45) is 0 Å². The van der Waals surface area contributed by atoms with Crippen LogP contribution in [0.15, 0.2) is 135 Å². The van der Waals surface area contributed by atoms with Gasteiger partial charge in [-0.1, -0.05) is 67.3 Å². The number of benzene rings is 6. The molecule has 0 aliphatic rings. The molecule has 0 amide bonds. The Hall–Kier alpha value is -8.49. The van der Waals surface area contributed by atoms with Gasteiger partial charge in [-0.15, -0.1) is 6.58 Å². The quantitative estimate of drug-likeness (QED) is 0.0545. The van der Waals surface area contributed by atoms with Crippen LogP contribution in [0.4, 0.5) is 26.3 Å². The first-order chi connectivity index (χ1) is 31.1. The molecule has 0 saturated heterocycles. The van der Waals surface area contributed by atoms with Crippen molar-refractivity contribution in [2.75, 3.05) is 0 Å². The lowest BCUT2D eigenvalue weighted by Crippen LogP contribution is -2.09. The highest BCUT2D eigenvalue weighted by Gasteiger charge is 2.17. The highest BCUT2D eigenvalue weighted by molar-refractivity contribution is 5.92. The summed E-state index contributed by atoms with van der Waals surface area (Å²) in [6, 6.07) is 27.7. The average molecular weight is 887 g/mol. The van der Waals surface area contributed by atoms with E-state index in [0.717, 1.165) is 65.9 Å². The molecule has 6 aromatic carbocycles. The van der Waals surface area contributed by atoms with Crippen molar-refractivity contribution in [3.63, 3.8) is 0 Å². The van der Waals surface area contributed by atoms with E-state index in [-0.39, 0.29) is 33.9 Å². The molecular weight excluding hydrogens is 851 g/mol. The van der Waals surface area contributed by atoms with Crippen molar-refractivity contribution < 1.29 is 54.9 Å². The normalized spacial score (nSPS) is 10.2. The molecule has 6 aromatic rings. The predicted octanol–water partition coefficient (Wildman–Crippen LogP) is 12.4. The summed E-state index contributed by atoms with van der Waals surface area (Å²) in [5, 5.41) is 17.1. The third-order valence-corrected chi connectivity index (χ3v) is 8.86. The number of halogens is 6. The largest absolute Gasteiger partial charge is 0.423 e.